The van der Waals surface area contributed by atoms with E-state index >= 15 is 0 Å². The number of nitrogen functional groups attached to an aromatic ring is 1. The highest BCUT2D eigenvalue weighted by atomic mass is 35.5. The van der Waals surface area contributed by atoms with Gasteiger partial charge in [-0.2, -0.15) is 4.98 Å². The summed E-state index contributed by atoms with van der Waals surface area (Å²) in [7, 11) is 0. The third kappa shape index (κ3) is 3.62. The Labute approximate surface area is 129 Å². The van der Waals surface area contributed by atoms with Gasteiger partial charge in [-0.25, -0.2) is 10.8 Å². The third-order valence-electron chi connectivity index (χ3n) is 2.99. The fourth-order valence-corrected chi connectivity index (χ4v) is 2.06. The summed E-state index contributed by atoms with van der Waals surface area (Å²) in [6.07, 6.45) is 1.45. The number of rotatable bonds is 3. The fraction of sp³-hybridized carbons (Fsp3) is 0.333. The van der Waals surface area contributed by atoms with E-state index in [0.717, 1.165) is 16.9 Å². The lowest BCUT2D eigenvalue weighted by Gasteiger charge is -2.23. The van der Waals surface area contributed by atoms with Gasteiger partial charge in [0.05, 0.1) is 6.20 Å². The lowest BCUT2D eigenvalue weighted by molar-refractivity contribution is 0.439. The maximum absolute atomic E-state index is 6.09. The molecule has 2 aromatic rings. The molecule has 0 spiro atoms. The minimum absolute atomic E-state index is 0.0580. The predicted octanol–water partition coefficient (Wildman–Crippen LogP) is 3.81. The van der Waals surface area contributed by atoms with Gasteiger partial charge < -0.3 is 4.74 Å². The molecule has 0 radical (unpaired) electrons. The molecule has 21 heavy (non-hydrogen) atoms. The van der Waals surface area contributed by atoms with Gasteiger partial charge in [0, 0.05) is 5.56 Å². The highest BCUT2D eigenvalue weighted by molar-refractivity contribution is 6.31. The van der Waals surface area contributed by atoms with Gasteiger partial charge in [-0.15, -0.1) is 0 Å². The van der Waals surface area contributed by atoms with E-state index in [1.807, 2.05) is 13.0 Å². The molecular formula is C15H19ClN4O. The van der Waals surface area contributed by atoms with Gasteiger partial charge in [0.15, 0.2) is 0 Å². The number of halogens is 1. The minimum Gasteiger partial charge on any atom is -0.437 e. The molecule has 6 heteroatoms. The van der Waals surface area contributed by atoms with Crippen LogP contribution in [0.2, 0.25) is 5.02 Å². The molecule has 0 unspecified atom stereocenters. The van der Waals surface area contributed by atoms with Crippen LogP contribution in [0.3, 0.4) is 0 Å². The summed E-state index contributed by atoms with van der Waals surface area (Å²) in [4.78, 5) is 8.07. The second-order valence-corrected chi connectivity index (χ2v) is 6.25. The molecule has 3 N–H and O–H groups in total. The fourth-order valence-electron chi connectivity index (χ4n) is 1.93. The molecule has 0 amide bonds. The van der Waals surface area contributed by atoms with E-state index in [1.54, 1.807) is 0 Å². The van der Waals surface area contributed by atoms with Crippen molar-refractivity contribution in [1.29, 1.82) is 0 Å². The van der Waals surface area contributed by atoms with E-state index < -0.39 is 0 Å². The van der Waals surface area contributed by atoms with Gasteiger partial charge >= 0.3 is 0 Å². The van der Waals surface area contributed by atoms with E-state index in [0.29, 0.717) is 5.02 Å². The van der Waals surface area contributed by atoms with E-state index in [9.17, 15) is 0 Å². The van der Waals surface area contributed by atoms with Gasteiger partial charge in [0.2, 0.25) is 11.8 Å². The van der Waals surface area contributed by atoms with Crippen molar-refractivity contribution in [3.05, 3.63) is 40.5 Å². The number of nitrogens with zero attached hydrogens (tertiary/aromatic N) is 2. The van der Waals surface area contributed by atoms with Gasteiger partial charge in [-0.05, 0) is 24.0 Å². The molecule has 0 bridgehead atoms. The van der Waals surface area contributed by atoms with Crippen LogP contribution in [0.4, 0.5) is 5.95 Å². The number of hydrazine groups is 1. The Balaban J connectivity index is 2.46. The maximum atomic E-state index is 6.09. The van der Waals surface area contributed by atoms with Crippen LogP contribution < -0.4 is 16.0 Å². The highest BCUT2D eigenvalue weighted by Gasteiger charge is 2.20. The Morgan fingerprint density at radius 2 is 2.00 bits per heavy atom. The number of hydrogen-bond donors (Lipinski definition) is 2. The largest absolute Gasteiger partial charge is 0.437 e. The van der Waals surface area contributed by atoms with Crippen LogP contribution in [0.1, 0.15) is 31.9 Å². The summed E-state index contributed by atoms with van der Waals surface area (Å²) >= 11 is 6.09. The molecule has 1 heterocycles. The topological polar surface area (TPSA) is 73.1 Å². The molecule has 2 rings (SSSR count). The first-order chi connectivity index (χ1) is 9.81. The first-order valence-electron chi connectivity index (χ1n) is 6.59. The van der Waals surface area contributed by atoms with Crippen molar-refractivity contribution in [3.8, 4) is 11.6 Å². The van der Waals surface area contributed by atoms with E-state index in [-0.39, 0.29) is 17.2 Å². The molecule has 112 valence electrons. The number of benzene rings is 1. The smallest absolute Gasteiger partial charge is 0.243 e. The zero-order chi connectivity index (χ0) is 15.6. The average Bonchev–Trinajstić information content (AvgIpc) is 2.40. The predicted molar refractivity (Wildman–Crippen MR) is 84.8 cm³/mol. The molecule has 0 aliphatic heterocycles. The molecule has 1 aromatic heterocycles. The Hall–Kier alpha value is -1.85. The van der Waals surface area contributed by atoms with E-state index in [1.165, 1.54) is 6.20 Å². The van der Waals surface area contributed by atoms with Crippen molar-refractivity contribution in [1.82, 2.24) is 9.97 Å². The summed E-state index contributed by atoms with van der Waals surface area (Å²) in [6, 6.07) is 6.08. The summed E-state index contributed by atoms with van der Waals surface area (Å²) in [5.41, 5.74) is 4.49. The second-order valence-electron chi connectivity index (χ2n) is 5.84. The summed E-state index contributed by atoms with van der Waals surface area (Å²) in [5, 5.41) is 0.329. The van der Waals surface area contributed by atoms with Gasteiger partial charge in [-0.1, -0.05) is 44.5 Å². The number of hydrogen-bond acceptors (Lipinski definition) is 5. The van der Waals surface area contributed by atoms with Crippen LogP contribution >= 0.6 is 11.6 Å². The zero-order valence-corrected chi connectivity index (χ0v) is 13.3. The quantitative estimate of drug-likeness (QED) is 0.666. The van der Waals surface area contributed by atoms with Crippen molar-refractivity contribution >= 4 is 17.5 Å². The monoisotopic (exact) mass is 306 g/mol. The number of anilines is 1. The van der Waals surface area contributed by atoms with Crippen LogP contribution in [0.25, 0.3) is 0 Å². The van der Waals surface area contributed by atoms with Crippen molar-refractivity contribution in [2.45, 2.75) is 33.1 Å². The minimum atomic E-state index is -0.0580. The van der Waals surface area contributed by atoms with Crippen molar-refractivity contribution in [2.24, 2.45) is 5.84 Å². The van der Waals surface area contributed by atoms with Crippen LogP contribution in [0.15, 0.2) is 24.4 Å². The second kappa shape index (κ2) is 5.87. The molecule has 0 aliphatic rings. The van der Waals surface area contributed by atoms with Gasteiger partial charge in [-0.3, -0.25) is 5.43 Å². The molecule has 0 saturated carbocycles. The van der Waals surface area contributed by atoms with Crippen LogP contribution in [-0.4, -0.2) is 9.97 Å². The number of aryl methyl sites for hydroxylation is 1. The normalized spacial score (nSPS) is 11.3. The average molecular weight is 307 g/mol. The first-order valence-corrected chi connectivity index (χ1v) is 6.97. The summed E-state index contributed by atoms with van der Waals surface area (Å²) in [5.74, 6) is 6.56. The Morgan fingerprint density at radius 1 is 1.29 bits per heavy atom. The third-order valence-corrected chi connectivity index (χ3v) is 3.25. The molecule has 0 aliphatic carbocycles. The van der Waals surface area contributed by atoms with Crippen LogP contribution in [0, 0.1) is 6.92 Å². The van der Waals surface area contributed by atoms with Gasteiger partial charge in [0.25, 0.3) is 0 Å². The van der Waals surface area contributed by atoms with Crippen LogP contribution in [0.5, 0.6) is 11.6 Å². The Kier molecular flexibility index (Phi) is 4.34. The number of aromatic nitrogens is 2. The summed E-state index contributed by atoms with van der Waals surface area (Å²) < 4.78 is 5.91. The lowest BCUT2D eigenvalue weighted by Crippen LogP contribution is -2.13. The lowest BCUT2D eigenvalue weighted by atomic mass is 9.86. The van der Waals surface area contributed by atoms with E-state index in [4.69, 9.17) is 22.2 Å². The highest BCUT2D eigenvalue weighted by Crippen LogP contribution is 2.36. The summed E-state index contributed by atoms with van der Waals surface area (Å²) in [6.45, 7) is 8.38. The number of nitrogens with two attached hydrogens (primary N) is 1. The van der Waals surface area contributed by atoms with E-state index in [2.05, 4.69) is 48.3 Å². The van der Waals surface area contributed by atoms with Crippen molar-refractivity contribution in [3.63, 3.8) is 0 Å². The molecule has 1 aromatic carbocycles. The molecule has 0 fully saturated rings. The van der Waals surface area contributed by atoms with Crippen LogP contribution in [-0.2, 0) is 5.41 Å². The first kappa shape index (κ1) is 15.5. The zero-order valence-electron chi connectivity index (χ0n) is 12.6. The van der Waals surface area contributed by atoms with Gasteiger partial charge in [0.1, 0.15) is 10.8 Å². The number of ether oxygens (including phenoxy) is 1. The maximum Gasteiger partial charge on any atom is 0.243 e. The Bertz CT molecular complexity index is 653. The Morgan fingerprint density at radius 3 is 2.62 bits per heavy atom. The molecular weight excluding hydrogens is 288 g/mol. The molecule has 0 saturated heterocycles. The number of nitrogens with one attached hydrogen (secondary N) is 1. The standard InChI is InChI=1S/C15H19ClN4O/c1-9-5-6-10(15(2,3)4)12(7-9)21-13-11(16)8-18-14(19-13)20-17/h5-8H,17H2,1-4H3,(H,18,19,20). The van der Waals surface area contributed by atoms with Crippen molar-refractivity contribution < 1.29 is 4.74 Å². The van der Waals surface area contributed by atoms with Crippen molar-refractivity contribution in [2.75, 3.05) is 5.43 Å². The SMILES string of the molecule is Cc1ccc(C(C)(C)C)c(Oc2nc(NN)ncc2Cl)c1. The molecule has 0 atom stereocenters. The molecule has 5 nitrogen and oxygen atoms in total.